The molecule has 3 nitrogen and oxygen atoms in total. The number of H-pyrrole nitrogens is 1. The highest BCUT2D eigenvalue weighted by Gasteiger charge is 2.10. The Balaban J connectivity index is 2.18. The summed E-state index contributed by atoms with van der Waals surface area (Å²) < 4.78 is 0.876. The summed E-state index contributed by atoms with van der Waals surface area (Å²) in [5, 5.41) is 3.91. The summed E-state index contributed by atoms with van der Waals surface area (Å²) in [7, 11) is 0. The normalized spacial score (nSPS) is 10.3. The molecule has 0 atom stereocenters. The first-order valence-electron chi connectivity index (χ1n) is 4.66. The summed E-state index contributed by atoms with van der Waals surface area (Å²) in [6.07, 6.45) is 1.56. The smallest absolute Gasteiger partial charge is 0.272 e. The van der Waals surface area contributed by atoms with Crippen molar-refractivity contribution in [1.29, 1.82) is 0 Å². The van der Waals surface area contributed by atoms with Crippen LogP contribution in [0, 0.1) is 3.57 Å². The Bertz CT molecular complexity index is 568. The van der Waals surface area contributed by atoms with Crippen LogP contribution >= 0.6 is 45.8 Å². The number of benzene rings is 1. The van der Waals surface area contributed by atoms with Crippen LogP contribution in [0.1, 0.15) is 10.5 Å². The summed E-state index contributed by atoms with van der Waals surface area (Å²) in [5.41, 5.74) is 1.13. The number of anilines is 1. The van der Waals surface area contributed by atoms with E-state index >= 15 is 0 Å². The minimum absolute atomic E-state index is 0.239. The Labute approximate surface area is 122 Å². The standard InChI is InChI=1S/C11H7Cl2IN2O/c12-6-1-2-9(8(14)3-6)16-11(17)10-4-7(13)5-15-10/h1-5,15H,(H,16,17). The average Bonchev–Trinajstić information content (AvgIpc) is 2.69. The van der Waals surface area contributed by atoms with Gasteiger partial charge in [-0.3, -0.25) is 4.79 Å². The monoisotopic (exact) mass is 380 g/mol. The first kappa shape index (κ1) is 12.7. The number of hydrogen-bond donors (Lipinski definition) is 2. The maximum atomic E-state index is 11.8. The van der Waals surface area contributed by atoms with Gasteiger partial charge >= 0.3 is 0 Å². The molecule has 88 valence electrons. The van der Waals surface area contributed by atoms with Gasteiger partial charge in [0, 0.05) is 14.8 Å². The molecular weight excluding hydrogens is 374 g/mol. The van der Waals surface area contributed by atoms with Crippen molar-refractivity contribution >= 4 is 57.4 Å². The molecule has 1 amide bonds. The number of carbonyl (C=O) groups excluding carboxylic acids is 1. The number of halogens is 3. The van der Waals surface area contributed by atoms with E-state index in [9.17, 15) is 4.79 Å². The van der Waals surface area contributed by atoms with Gasteiger partial charge in [0.15, 0.2) is 0 Å². The van der Waals surface area contributed by atoms with E-state index < -0.39 is 0 Å². The zero-order chi connectivity index (χ0) is 12.4. The molecule has 0 spiro atoms. The van der Waals surface area contributed by atoms with Crippen molar-refractivity contribution < 1.29 is 4.79 Å². The van der Waals surface area contributed by atoms with Crippen LogP contribution < -0.4 is 5.32 Å². The van der Waals surface area contributed by atoms with Crippen LogP contribution in [0.25, 0.3) is 0 Å². The lowest BCUT2D eigenvalue weighted by molar-refractivity contribution is 0.102. The fraction of sp³-hybridized carbons (Fsp3) is 0. The molecule has 0 bridgehead atoms. The fourth-order valence-electron chi connectivity index (χ4n) is 1.28. The Morgan fingerprint density at radius 2 is 2.00 bits per heavy atom. The average molecular weight is 381 g/mol. The van der Waals surface area contributed by atoms with Crippen LogP contribution in [0.15, 0.2) is 30.5 Å². The molecule has 1 heterocycles. The van der Waals surface area contributed by atoms with Gasteiger partial charge in [0.2, 0.25) is 0 Å². The summed E-state index contributed by atoms with van der Waals surface area (Å²) in [6, 6.07) is 6.83. The molecule has 2 aromatic rings. The van der Waals surface area contributed by atoms with Gasteiger partial charge in [0.1, 0.15) is 5.69 Å². The summed E-state index contributed by atoms with van der Waals surface area (Å²) in [6.45, 7) is 0. The van der Waals surface area contributed by atoms with E-state index in [1.807, 2.05) is 0 Å². The summed E-state index contributed by atoms with van der Waals surface area (Å²) >= 11 is 13.7. The third kappa shape index (κ3) is 3.14. The molecule has 0 aliphatic heterocycles. The molecule has 1 aromatic carbocycles. The number of hydrogen-bond acceptors (Lipinski definition) is 1. The number of aromatic amines is 1. The number of aromatic nitrogens is 1. The highest BCUT2D eigenvalue weighted by molar-refractivity contribution is 14.1. The van der Waals surface area contributed by atoms with Crippen LogP contribution in [0.2, 0.25) is 10.0 Å². The Morgan fingerprint density at radius 1 is 1.24 bits per heavy atom. The van der Waals surface area contributed by atoms with E-state index in [2.05, 4.69) is 32.9 Å². The molecule has 0 fully saturated rings. The number of nitrogens with one attached hydrogen (secondary N) is 2. The third-order valence-electron chi connectivity index (χ3n) is 2.07. The molecule has 2 rings (SSSR count). The van der Waals surface area contributed by atoms with Gasteiger partial charge in [-0.05, 0) is 46.9 Å². The van der Waals surface area contributed by atoms with Crippen LogP contribution in [0.3, 0.4) is 0 Å². The highest BCUT2D eigenvalue weighted by Crippen LogP contribution is 2.23. The first-order valence-corrected chi connectivity index (χ1v) is 6.50. The van der Waals surface area contributed by atoms with Crippen molar-refractivity contribution in [3.05, 3.63) is 49.8 Å². The fourth-order valence-corrected chi connectivity index (χ4v) is 2.45. The van der Waals surface area contributed by atoms with E-state index in [1.54, 1.807) is 30.5 Å². The lowest BCUT2D eigenvalue weighted by Gasteiger charge is -2.06. The zero-order valence-corrected chi connectivity index (χ0v) is 12.1. The van der Waals surface area contributed by atoms with Crippen LogP contribution in [-0.2, 0) is 0 Å². The Hall–Kier alpha value is -0.720. The molecule has 6 heteroatoms. The largest absolute Gasteiger partial charge is 0.356 e. The molecule has 1 aromatic heterocycles. The minimum Gasteiger partial charge on any atom is -0.356 e. The maximum absolute atomic E-state index is 11.8. The molecule has 0 aliphatic rings. The quantitative estimate of drug-likeness (QED) is 0.754. The Kier molecular flexibility index (Phi) is 3.96. The molecule has 0 saturated carbocycles. The van der Waals surface area contributed by atoms with Crippen molar-refractivity contribution in [2.45, 2.75) is 0 Å². The summed E-state index contributed by atoms with van der Waals surface area (Å²) in [4.78, 5) is 14.6. The van der Waals surface area contributed by atoms with Gasteiger partial charge in [-0.25, -0.2) is 0 Å². The minimum atomic E-state index is -0.239. The van der Waals surface area contributed by atoms with E-state index in [0.717, 1.165) is 3.57 Å². The molecule has 0 unspecified atom stereocenters. The lowest BCUT2D eigenvalue weighted by Crippen LogP contribution is -2.13. The number of carbonyl (C=O) groups is 1. The molecule has 2 N–H and O–H groups in total. The number of amides is 1. The first-order chi connectivity index (χ1) is 8.06. The topological polar surface area (TPSA) is 44.9 Å². The van der Waals surface area contributed by atoms with Gasteiger partial charge in [0.05, 0.1) is 10.7 Å². The lowest BCUT2D eigenvalue weighted by atomic mass is 10.3. The zero-order valence-electron chi connectivity index (χ0n) is 8.43. The molecule has 0 aliphatic carbocycles. The second-order valence-corrected chi connectivity index (χ2v) is 5.34. The number of rotatable bonds is 2. The predicted octanol–water partition coefficient (Wildman–Crippen LogP) is 4.18. The molecule has 17 heavy (non-hydrogen) atoms. The highest BCUT2D eigenvalue weighted by atomic mass is 127. The van der Waals surface area contributed by atoms with E-state index in [-0.39, 0.29) is 5.91 Å². The van der Waals surface area contributed by atoms with Gasteiger partial charge in [0.25, 0.3) is 5.91 Å². The van der Waals surface area contributed by atoms with Gasteiger partial charge < -0.3 is 10.3 Å². The molecule has 0 radical (unpaired) electrons. The second-order valence-electron chi connectivity index (χ2n) is 3.31. The van der Waals surface area contributed by atoms with Gasteiger partial charge in [-0.1, -0.05) is 23.2 Å². The predicted molar refractivity (Wildman–Crippen MR) is 77.9 cm³/mol. The summed E-state index contributed by atoms with van der Waals surface area (Å²) in [5.74, 6) is -0.239. The van der Waals surface area contributed by atoms with Crippen molar-refractivity contribution in [2.75, 3.05) is 5.32 Å². The van der Waals surface area contributed by atoms with Crippen LogP contribution in [0.4, 0.5) is 5.69 Å². The van der Waals surface area contributed by atoms with E-state index in [1.165, 1.54) is 0 Å². The van der Waals surface area contributed by atoms with Crippen molar-refractivity contribution in [3.63, 3.8) is 0 Å². The molecular formula is C11H7Cl2IN2O. The van der Waals surface area contributed by atoms with Crippen molar-refractivity contribution in [1.82, 2.24) is 4.98 Å². The van der Waals surface area contributed by atoms with Gasteiger partial charge in [-0.2, -0.15) is 0 Å². The van der Waals surface area contributed by atoms with E-state index in [0.29, 0.717) is 21.4 Å². The Morgan fingerprint density at radius 3 is 2.59 bits per heavy atom. The molecule has 0 saturated heterocycles. The van der Waals surface area contributed by atoms with Gasteiger partial charge in [-0.15, -0.1) is 0 Å². The van der Waals surface area contributed by atoms with Crippen molar-refractivity contribution in [2.24, 2.45) is 0 Å². The van der Waals surface area contributed by atoms with Crippen molar-refractivity contribution in [3.8, 4) is 0 Å². The second kappa shape index (κ2) is 5.29. The third-order valence-corrected chi connectivity index (χ3v) is 3.42. The SMILES string of the molecule is O=C(Nc1ccc(Cl)cc1I)c1cc(Cl)c[nH]1. The maximum Gasteiger partial charge on any atom is 0.272 e. The van der Waals surface area contributed by atoms with Crippen LogP contribution in [0.5, 0.6) is 0 Å². The van der Waals surface area contributed by atoms with Crippen LogP contribution in [-0.4, -0.2) is 10.9 Å². The van der Waals surface area contributed by atoms with E-state index in [4.69, 9.17) is 23.2 Å².